The van der Waals surface area contributed by atoms with Crippen molar-refractivity contribution < 1.29 is 0 Å². The summed E-state index contributed by atoms with van der Waals surface area (Å²) in [5, 5.41) is 16.7. The number of anilines is 1. The average molecular weight is 317 g/mol. The fraction of sp³-hybridized carbons (Fsp3) is 0.214. The number of hydrogen-bond donors (Lipinski definition) is 1. The third-order valence-corrected chi connectivity index (χ3v) is 4.90. The van der Waals surface area contributed by atoms with Gasteiger partial charge in [-0.25, -0.2) is 0 Å². The standard InChI is InChI=1S/C14H15N5S2/c1-19-9-12(8-16-19)10-20-14-18-17-13(21-14)15-7-11-5-3-2-4-6-11/h2-6,8-9H,7,10H2,1H3,(H,15,17). The topological polar surface area (TPSA) is 55.6 Å². The lowest BCUT2D eigenvalue weighted by Crippen LogP contribution is -1.98. The highest BCUT2D eigenvalue weighted by atomic mass is 32.2. The molecule has 2 aromatic heterocycles. The van der Waals surface area contributed by atoms with Crippen LogP contribution >= 0.6 is 23.1 Å². The summed E-state index contributed by atoms with van der Waals surface area (Å²) in [4.78, 5) is 0. The Hall–Kier alpha value is -1.86. The van der Waals surface area contributed by atoms with E-state index in [4.69, 9.17) is 0 Å². The number of aryl methyl sites for hydroxylation is 1. The molecule has 0 spiro atoms. The lowest BCUT2D eigenvalue weighted by Gasteiger charge is -2.00. The zero-order chi connectivity index (χ0) is 14.5. The van der Waals surface area contributed by atoms with E-state index in [0.29, 0.717) is 0 Å². The predicted octanol–water partition coefficient (Wildman–Crippen LogP) is 3.18. The van der Waals surface area contributed by atoms with Crippen LogP contribution in [0.5, 0.6) is 0 Å². The summed E-state index contributed by atoms with van der Waals surface area (Å²) in [7, 11) is 1.92. The molecule has 3 aromatic rings. The molecule has 2 heterocycles. The number of hydrogen-bond acceptors (Lipinski definition) is 6. The Kier molecular flexibility index (Phi) is 4.52. The molecule has 7 heteroatoms. The second-order valence-corrected chi connectivity index (χ2v) is 6.72. The van der Waals surface area contributed by atoms with E-state index in [2.05, 4.69) is 32.7 Å². The summed E-state index contributed by atoms with van der Waals surface area (Å²) in [6.45, 7) is 0.767. The molecule has 0 fully saturated rings. The van der Waals surface area contributed by atoms with Gasteiger partial charge in [-0.15, -0.1) is 10.2 Å². The molecule has 0 aliphatic rings. The molecule has 0 aliphatic carbocycles. The number of thioether (sulfide) groups is 1. The van der Waals surface area contributed by atoms with Crippen LogP contribution in [-0.2, 0) is 19.3 Å². The summed E-state index contributed by atoms with van der Waals surface area (Å²) in [6.07, 6.45) is 3.89. The monoisotopic (exact) mass is 317 g/mol. The molecule has 21 heavy (non-hydrogen) atoms. The third-order valence-electron chi connectivity index (χ3n) is 2.81. The van der Waals surface area contributed by atoms with Gasteiger partial charge in [0.1, 0.15) is 0 Å². The van der Waals surface area contributed by atoms with E-state index in [1.165, 1.54) is 11.1 Å². The Labute approximate surface area is 131 Å². The molecule has 3 rings (SSSR count). The molecule has 0 amide bonds. The second kappa shape index (κ2) is 6.73. The van der Waals surface area contributed by atoms with Gasteiger partial charge in [0.2, 0.25) is 5.13 Å². The summed E-state index contributed by atoms with van der Waals surface area (Å²) < 4.78 is 2.78. The predicted molar refractivity (Wildman–Crippen MR) is 86.4 cm³/mol. The first-order chi connectivity index (χ1) is 10.3. The van der Waals surface area contributed by atoms with E-state index in [1.54, 1.807) is 23.1 Å². The Morgan fingerprint density at radius 2 is 2.05 bits per heavy atom. The quantitative estimate of drug-likeness (QED) is 0.708. The lowest BCUT2D eigenvalue weighted by molar-refractivity contribution is 0.767. The zero-order valence-electron chi connectivity index (χ0n) is 11.6. The Morgan fingerprint density at radius 1 is 1.19 bits per heavy atom. The van der Waals surface area contributed by atoms with Gasteiger partial charge in [0, 0.05) is 31.1 Å². The molecule has 0 aliphatic heterocycles. The van der Waals surface area contributed by atoms with Crippen molar-refractivity contribution in [1.29, 1.82) is 0 Å². The van der Waals surface area contributed by atoms with Crippen LogP contribution in [0.4, 0.5) is 5.13 Å². The first-order valence-electron chi connectivity index (χ1n) is 6.51. The number of nitrogens with one attached hydrogen (secondary N) is 1. The van der Waals surface area contributed by atoms with Crippen molar-refractivity contribution in [2.45, 2.75) is 16.6 Å². The van der Waals surface area contributed by atoms with Crippen molar-refractivity contribution in [3.8, 4) is 0 Å². The molecular weight excluding hydrogens is 302 g/mol. The highest BCUT2D eigenvalue weighted by Gasteiger charge is 2.06. The molecule has 5 nitrogen and oxygen atoms in total. The van der Waals surface area contributed by atoms with Crippen molar-refractivity contribution in [2.75, 3.05) is 5.32 Å². The summed E-state index contributed by atoms with van der Waals surface area (Å²) in [5.41, 5.74) is 2.42. The molecule has 0 saturated carbocycles. The Morgan fingerprint density at radius 3 is 2.81 bits per heavy atom. The van der Waals surface area contributed by atoms with Crippen LogP contribution in [0.15, 0.2) is 47.1 Å². The van der Waals surface area contributed by atoms with E-state index >= 15 is 0 Å². The van der Waals surface area contributed by atoms with E-state index in [-0.39, 0.29) is 0 Å². The lowest BCUT2D eigenvalue weighted by atomic mass is 10.2. The van der Waals surface area contributed by atoms with Gasteiger partial charge in [-0.05, 0) is 5.56 Å². The van der Waals surface area contributed by atoms with Gasteiger partial charge in [0.25, 0.3) is 0 Å². The minimum absolute atomic E-state index is 0.767. The number of rotatable bonds is 6. The van der Waals surface area contributed by atoms with Crippen LogP contribution < -0.4 is 5.32 Å². The van der Waals surface area contributed by atoms with Gasteiger partial charge in [-0.3, -0.25) is 4.68 Å². The van der Waals surface area contributed by atoms with Crippen LogP contribution in [0.3, 0.4) is 0 Å². The minimum atomic E-state index is 0.767. The molecule has 0 bridgehead atoms. The van der Waals surface area contributed by atoms with Crippen molar-refractivity contribution in [3.63, 3.8) is 0 Å². The number of benzene rings is 1. The van der Waals surface area contributed by atoms with Gasteiger partial charge in [0.05, 0.1) is 6.20 Å². The normalized spacial score (nSPS) is 10.7. The largest absolute Gasteiger partial charge is 0.356 e. The maximum atomic E-state index is 4.19. The highest BCUT2D eigenvalue weighted by Crippen LogP contribution is 2.28. The van der Waals surface area contributed by atoms with Crippen molar-refractivity contribution >= 4 is 28.2 Å². The summed E-state index contributed by atoms with van der Waals surface area (Å²) in [5.74, 6) is 0.862. The van der Waals surface area contributed by atoms with E-state index in [0.717, 1.165) is 21.8 Å². The molecule has 0 unspecified atom stereocenters. The molecular formula is C14H15N5S2. The van der Waals surface area contributed by atoms with Crippen LogP contribution in [-0.4, -0.2) is 20.0 Å². The number of aromatic nitrogens is 4. The molecule has 1 N–H and O–H groups in total. The first kappa shape index (κ1) is 14.1. The fourth-order valence-corrected chi connectivity index (χ4v) is 3.46. The van der Waals surface area contributed by atoms with Crippen LogP contribution in [0.1, 0.15) is 11.1 Å². The van der Waals surface area contributed by atoms with E-state index in [1.807, 2.05) is 42.3 Å². The maximum absolute atomic E-state index is 4.19. The Bertz CT molecular complexity index is 692. The summed E-state index contributed by atoms with van der Waals surface area (Å²) >= 11 is 3.26. The fourth-order valence-electron chi connectivity index (χ4n) is 1.80. The van der Waals surface area contributed by atoms with Crippen molar-refractivity contribution in [3.05, 3.63) is 53.9 Å². The van der Waals surface area contributed by atoms with Crippen molar-refractivity contribution in [2.24, 2.45) is 7.05 Å². The maximum Gasteiger partial charge on any atom is 0.206 e. The van der Waals surface area contributed by atoms with E-state index < -0.39 is 0 Å². The van der Waals surface area contributed by atoms with Gasteiger partial charge >= 0.3 is 0 Å². The zero-order valence-corrected chi connectivity index (χ0v) is 13.2. The highest BCUT2D eigenvalue weighted by molar-refractivity contribution is 8.00. The molecule has 0 radical (unpaired) electrons. The SMILES string of the molecule is Cn1cc(CSc2nnc(NCc3ccccc3)s2)cn1. The first-order valence-corrected chi connectivity index (χ1v) is 8.31. The van der Waals surface area contributed by atoms with Crippen LogP contribution in [0.2, 0.25) is 0 Å². The molecule has 0 atom stereocenters. The molecule has 108 valence electrons. The van der Waals surface area contributed by atoms with Crippen molar-refractivity contribution in [1.82, 2.24) is 20.0 Å². The minimum Gasteiger partial charge on any atom is -0.356 e. The van der Waals surface area contributed by atoms with Crippen LogP contribution in [0.25, 0.3) is 0 Å². The third kappa shape index (κ3) is 4.05. The van der Waals surface area contributed by atoms with Gasteiger partial charge in [-0.2, -0.15) is 5.10 Å². The smallest absolute Gasteiger partial charge is 0.206 e. The molecule has 1 aromatic carbocycles. The Balaban J connectivity index is 1.51. The van der Waals surface area contributed by atoms with Gasteiger partial charge in [0.15, 0.2) is 4.34 Å². The second-order valence-electron chi connectivity index (χ2n) is 4.52. The van der Waals surface area contributed by atoms with Gasteiger partial charge < -0.3 is 5.32 Å². The summed E-state index contributed by atoms with van der Waals surface area (Å²) in [6, 6.07) is 10.3. The molecule has 0 saturated heterocycles. The van der Waals surface area contributed by atoms with Gasteiger partial charge in [-0.1, -0.05) is 53.4 Å². The van der Waals surface area contributed by atoms with Crippen LogP contribution in [0, 0.1) is 0 Å². The van der Waals surface area contributed by atoms with E-state index in [9.17, 15) is 0 Å². The average Bonchev–Trinajstić information content (AvgIpc) is 3.13. The number of nitrogens with zero attached hydrogens (tertiary/aromatic N) is 4.